The number of ether oxygens (including phenoxy) is 1. The van der Waals surface area contributed by atoms with Crippen LogP contribution in [-0.2, 0) is 11.0 Å². The van der Waals surface area contributed by atoms with Gasteiger partial charge in [-0.15, -0.1) is 0 Å². The molecule has 0 bridgehead atoms. The fourth-order valence-corrected chi connectivity index (χ4v) is 4.21. The Morgan fingerprint density at radius 3 is 2.42 bits per heavy atom. The molecule has 7 nitrogen and oxygen atoms in total. The number of hydrogen-bond donors (Lipinski definition) is 1. The van der Waals surface area contributed by atoms with Gasteiger partial charge in [0.1, 0.15) is 12.8 Å². The summed E-state index contributed by atoms with van der Waals surface area (Å²) in [5.74, 6) is -0.191. The van der Waals surface area contributed by atoms with Crippen molar-refractivity contribution in [3.05, 3.63) is 64.1 Å². The number of hydrogen-bond acceptors (Lipinski definition) is 5. The highest BCUT2D eigenvalue weighted by molar-refractivity contribution is 6.74. The van der Waals surface area contributed by atoms with Gasteiger partial charge in [-0.1, -0.05) is 51.1 Å². The Bertz CT molecular complexity index is 983. The third-order valence-electron chi connectivity index (χ3n) is 6.22. The molecular formula is C23H33N3O4Si. The van der Waals surface area contributed by atoms with E-state index in [4.69, 9.17) is 9.16 Å². The van der Waals surface area contributed by atoms with E-state index in [-0.39, 0.29) is 40.6 Å². The molecule has 2 aromatic rings. The minimum Gasteiger partial charge on any atom is -0.482 e. The van der Waals surface area contributed by atoms with E-state index < -0.39 is 8.32 Å². The number of carbonyl (C=O) groups excluding carboxylic acids is 1. The molecule has 0 saturated carbocycles. The van der Waals surface area contributed by atoms with Crippen LogP contribution >= 0.6 is 0 Å². The number of amides is 1. The number of benzene rings is 1. The Morgan fingerprint density at radius 1 is 1.10 bits per heavy atom. The first-order valence-corrected chi connectivity index (χ1v) is 13.5. The molecule has 2 heterocycles. The zero-order valence-corrected chi connectivity index (χ0v) is 20.3. The van der Waals surface area contributed by atoms with Crippen LogP contribution in [0.5, 0.6) is 5.75 Å². The maximum Gasteiger partial charge on any atom is 0.277 e. The lowest BCUT2D eigenvalue weighted by molar-refractivity contribution is 0.0664. The van der Waals surface area contributed by atoms with E-state index in [1.54, 1.807) is 22.8 Å². The summed E-state index contributed by atoms with van der Waals surface area (Å²) < 4.78 is 13.7. The first kappa shape index (κ1) is 23.1. The molecular weight excluding hydrogens is 410 g/mol. The predicted octanol–water partition coefficient (Wildman–Crippen LogP) is 3.79. The molecule has 1 aliphatic rings. The second kappa shape index (κ2) is 8.88. The van der Waals surface area contributed by atoms with Crippen molar-refractivity contribution >= 4 is 14.2 Å². The highest BCUT2D eigenvalue weighted by atomic mass is 28.4. The molecule has 1 aliphatic heterocycles. The topological polar surface area (TPSA) is 72.8 Å². The van der Waals surface area contributed by atoms with Gasteiger partial charge in [0.2, 0.25) is 5.43 Å². The molecule has 0 aliphatic carbocycles. The largest absolute Gasteiger partial charge is 0.482 e. The minimum atomic E-state index is -1.86. The van der Waals surface area contributed by atoms with Crippen LogP contribution in [0.2, 0.25) is 18.1 Å². The highest BCUT2D eigenvalue weighted by Crippen LogP contribution is 2.36. The lowest BCUT2D eigenvalue weighted by Crippen LogP contribution is -2.53. The van der Waals surface area contributed by atoms with Crippen molar-refractivity contribution in [1.82, 2.24) is 9.58 Å². The molecule has 1 aromatic heterocycles. The van der Waals surface area contributed by atoms with E-state index in [9.17, 15) is 9.59 Å². The number of aromatic nitrogens is 1. The Kier molecular flexibility index (Phi) is 6.61. The Labute approximate surface area is 185 Å². The SMILES string of the molecule is CN1C(=O)c2c(OCc3ccccc3)c(=O)ccn2NC1CCO[Si](C)(C)C(C)(C)C. The third-order valence-corrected chi connectivity index (χ3v) is 10.8. The van der Waals surface area contributed by atoms with Crippen LogP contribution in [-0.4, -0.2) is 43.6 Å². The molecule has 0 spiro atoms. The van der Waals surface area contributed by atoms with Crippen molar-refractivity contribution in [2.24, 2.45) is 0 Å². The third kappa shape index (κ3) is 5.02. The van der Waals surface area contributed by atoms with Gasteiger partial charge in [-0.3, -0.25) is 14.3 Å². The van der Waals surface area contributed by atoms with Crippen molar-refractivity contribution in [1.29, 1.82) is 0 Å². The molecule has 0 saturated heterocycles. The second-order valence-corrected chi connectivity index (χ2v) is 14.3. The zero-order chi connectivity index (χ0) is 22.8. The molecule has 1 N–H and O–H groups in total. The summed E-state index contributed by atoms with van der Waals surface area (Å²) in [6.07, 6.45) is 1.98. The van der Waals surface area contributed by atoms with Crippen LogP contribution in [0.15, 0.2) is 47.4 Å². The number of nitrogens with one attached hydrogen (secondary N) is 1. The van der Waals surface area contributed by atoms with Crippen LogP contribution < -0.4 is 15.6 Å². The molecule has 1 atom stereocenters. The maximum absolute atomic E-state index is 13.1. The van der Waals surface area contributed by atoms with Gasteiger partial charge in [0, 0.05) is 32.3 Å². The normalized spacial score (nSPS) is 16.6. The van der Waals surface area contributed by atoms with Crippen LogP contribution in [0, 0.1) is 0 Å². The van der Waals surface area contributed by atoms with Gasteiger partial charge < -0.3 is 19.5 Å². The molecule has 0 fully saturated rings. The second-order valence-electron chi connectivity index (χ2n) is 9.46. The number of carbonyl (C=O) groups is 1. The van der Waals surface area contributed by atoms with Crippen molar-refractivity contribution in [3.8, 4) is 5.75 Å². The average molecular weight is 444 g/mol. The van der Waals surface area contributed by atoms with Crippen LogP contribution in [0.4, 0.5) is 0 Å². The van der Waals surface area contributed by atoms with Gasteiger partial charge in [-0.05, 0) is 23.7 Å². The molecule has 1 unspecified atom stereocenters. The molecule has 1 amide bonds. The molecule has 8 heteroatoms. The summed E-state index contributed by atoms with van der Waals surface area (Å²) in [6, 6.07) is 11.0. The minimum absolute atomic E-state index is 0.0617. The van der Waals surface area contributed by atoms with Gasteiger partial charge in [0.05, 0.1) is 0 Å². The van der Waals surface area contributed by atoms with Crippen LogP contribution in [0.3, 0.4) is 0 Å². The summed E-state index contributed by atoms with van der Waals surface area (Å²) >= 11 is 0. The predicted molar refractivity (Wildman–Crippen MR) is 124 cm³/mol. The molecule has 0 radical (unpaired) electrons. The van der Waals surface area contributed by atoms with E-state index in [1.807, 2.05) is 30.3 Å². The van der Waals surface area contributed by atoms with E-state index in [1.165, 1.54) is 6.07 Å². The van der Waals surface area contributed by atoms with Gasteiger partial charge in [-0.25, -0.2) is 0 Å². The first-order chi connectivity index (χ1) is 14.5. The Hall–Kier alpha value is -2.58. The van der Waals surface area contributed by atoms with Gasteiger partial charge >= 0.3 is 0 Å². The quantitative estimate of drug-likeness (QED) is 0.659. The van der Waals surface area contributed by atoms with Gasteiger partial charge in [0.25, 0.3) is 5.91 Å². The fraction of sp³-hybridized carbons (Fsp3) is 0.478. The van der Waals surface area contributed by atoms with Crippen LogP contribution in [0.1, 0.15) is 43.2 Å². The number of pyridine rings is 1. The molecule has 168 valence electrons. The zero-order valence-electron chi connectivity index (χ0n) is 19.3. The average Bonchev–Trinajstić information content (AvgIpc) is 2.71. The van der Waals surface area contributed by atoms with Crippen molar-refractivity contribution in [2.75, 3.05) is 19.1 Å². The van der Waals surface area contributed by atoms with E-state index in [2.05, 4.69) is 39.3 Å². The molecule has 31 heavy (non-hydrogen) atoms. The van der Waals surface area contributed by atoms with Crippen molar-refractivity contribution in [2.45, 2.75) is 58.1 Å². The van der Waals surface area contributed by atoms with Gasteiger partial charge in [-0.2, -0.15) is 0 Å². The number of fused-ring (bicyclic) bond motifs is 1. The Balaban J connectivity index is 1.75. The summed E-state index contributed by atoms with van der Waals surface area (Å²) in [7, 11) is -0.128. The summed E-state index contributed by atoms with van der Waals surface area (Å²) in [5, 5.41) is 0.131. The number of nitrogens with zero attached hydrogens (tertiary/aromatic N) is 2. The van der Waals surface area contributed by atoms with Gasteiger partial charge in [0.15, 0.2) is 19.8 Å². The van der Waals surface area contributed by atoms with Crippen molar-refractivity contribution < 1.29 is 14.0 Å². The fourth-order valence-electron chi connectivity index (χ4n) is 3.15. The standard InChI is InChI=1S/C23H33N3O4Si/c1-23(2,3)31(5,6)30-15-13-19-24-26-14-12-18(27)21(20(26)22(28)25(19)4)29-16-17-10-8-7-9-11-17/h7-12,14,19,24H,13,15-16H2,1-6H3. The van der Waals surface area contributed by atoms with Crippen LogP contribution in [0.25, 0.3) is 0 Å². The molecule has 1 aromatic carbocycles. The monoisotopic (exact) mass is 443 g/mol. The van der Waals surface area contributed by atoms with E-state index >= 15 is 0 Å². The summed E-state index contributed by atoms with van der Waals surface area (Å²) in [6.45, 7) is 11.8. The first-order valence-electron chi connectivity index (χ1n) is 10.6. The Morgan fingerprint density at radius 2 is 1.77 bits per heavy atom. The highest BCUT2D eigenvalue weighted by Gasteiger charge is 2.38. The number of rotatable bonds is 7. The summed E-state index contributed by atoms with van der Waals surface area (Å²) in [5.41, 5.74) is 4.13. The maximum atomic E-state index is 13.1. The van der Waals surface area contributed by atoms with Crippen molar-refractivity contribution in [3.63, 3.8) is 0 Å². The lowest BCUT2D eigenvalue weighted by Gasteiger charge is -2.39. The lowest BCUT2D eigenvalue weighted by atomic mass is 10.2. The molecule has 3 rings (SSSR count). The summed E-state index contributed by atoms with van der Waals surface area (Å²) in [4.78, 5) is 27.2. The smallest absolute Gasteiger partial charge is 0.277 e. The van der Waals surface area contributed by atoms with E-state index in [0.717, 1.165) is 5.56 Å². The van der Waals surface area contributed by atoms with E-state index in [0.29, 0.717) is 13.0 Å².